The van der Waals surface area contributed by atoms with Gasteiger partial charge in [-0.1, -0.05) is 12.1 Å². The van der Waals surface area contributed by atoms with Gasteiger partial charge in [-0.25, -0.2) is 13.8 Å². The van der Waals surface area contributed by atoms with Gasteiger partial charge in [0, 0.05) is 33.2 Å². The summed E-state index contributed by atoms with van der Waals surface area (Å²) in [5, 5.41) is 3.00. The summed E-state index contributed by atoms with van der Waals surface area (Å²) in [7, 11) is 1.83. The van der Waals surface area contributed by atoms with Gasteiger partial charge >= 0.3 is 0 Å². The molecule has 7 heteroatoms. The molecule has 152 valence electrons. The highest BCUT2D eigenvalue weighted by atomic mass is 19.1. The molecule has 1 aliphatic rings. The number of nitrogens with zero attached hydrogens (tertiary/aromatic N) is 2. The molecular formula is C22H23F2N3O2. The summed E-state index contributed by atoms with van der Waals surface area (Å²) in [5.74, 6) is -0.0288. The van der Waals surface area contributed by atoms with E-state index in [0.29, 0.717) is 50.1 Å². The third-order valence-electron chi connectivity index (χ3n) is 5.73. The Hall–Kier alpha value is -2.80. The number of hydrogen-bond acceptors (Lipinski definition) is 3. The summed E-state index contributed by atoms with van der Waals surface area (Å²) in [5.41, 5.74) is 1.31. The topological polar surface area (TPSA) is 56.2 Å². The number of rotatable bonds is 5. The van der Waals surface area contributed by atoms with E-state index in [1.54, 1.807) is 18.2 Å². The zero-order valence-electron chi connectivity index (χ0n) is 16.3. The van der Waals surface area contributed by atoms with Crippen LogP contribution < -0.4 is 5.32 Å². The summed E-state index contributed by atoms with van der Waals surface area (Å²) >= 11 is 0. The quantitative estimate of drug-likeness (QED) is 0.717. The lowest BCUT2D eigenvalue weighted by molar-refractivity contribution is -0.130. The minimum atomic E-state index is -0.796. The molecule has 0 saturated carbocycles. The number of carbonyl (C=O) groups is 1. The van der Waals surface area contributed by atoms with Crippen molar-refractivity contribution in [2.24, 2.45) is 7.05 Å². The molecule has 0 unspecified atom stereocenters. The Kier molecular flexibility index (Phi) is 5.32. The summed E-state index contributed by atoms with van der Waals surface area (Å²) in [6.45, 7) is 1.30. The van der Waals surface area contributed by atoms with E-state index in [1.165, 1.54) is 24.3 Å². The largest absolute Gasteiger partial charge is 0.381 e. The van der Waals surface area contributed by atoms with Crippen molar-refractivity contribution >= 4 is 16.9 Å². The molecule has 0 aliphatic carbocycles. The Labute approximate surface area is 167 Å². The van der Waals surface area contributed by atoms with E-state index < -0.39 is 5.41 Å². The third-order valence-corrected chi connectivity index (χ3v) is 5.73. The normalized spacial score (nSPS) is 16.1. The first-order chi connectivity index (χ1) is 14.0. The number of aromatic nitrogens is 2. The van der Waals surface area contributed by atoms with Gasteiger partial charge in [0.25, 0.3) is 0 Å². The van der Waals surface area contributed by atoms with E-state index in [2.05, 4.69) is 10.3 Å². The molecular weight excluding hydrogens is 376 g/mol. The number of ether oxygens (including phenoxy) is 1. The van der Waals surface area contributed by atoms with E-state index in [1.807, 2.05) is 11.6 Å². The predicted molar refractivity (Wildman–Crippen MR) is 106 cm³/mol. The maximum atomic E-state index is 13.8. The summed E-state index contributed by atoms with van der Waals surface area (Å²) < 4.78 is 34.6. The van der Waals surface area contributed by atoms with Crippen molar-refractivity contribution in [1.82, 2.24) is 14.9 Å². The Morgan fingerprint density at radius 1 is 1.17 bits per heavy atom. The molecule has 1 aromatic heterocycles. The van der Waals surface area contributed by atoms with E-state index >= 15 is 0 Å². The molecule has 1 aliphatic heterocycles. The summed E-state index contributed by atoms with van der Waals surface area (Å²) in [6, 6.07) is 10.7. The van der Waals surface area contributed by atoms with Gasteiger partial charge < -0.3 is 14.6 Å². The van der Waals surface area contributed by atoms with E-state index in [9.17, 15) is 13.6 Å². The monoisotopic (exact) mass is 399 g/mol. The number of nitrogens with one attached hydrogen (secondary N) is 1. The van der Waals surface area contributed by atoms with E-state index in [-0.39, 0.29) is 17.5 Å². The molecule has 0 spiro atoms. The molecule has 5 nitrogen and oxygen atoms in total. The van der Waals surface area contributed by atoms with Gasteiger partial charge in [0.05, 0.1) is 16.4 Å². The Morgan fingerprint density at radius 2 is 1.93 bits per heavy atom. The van der Waals surface area contributed by atoms with Crippen molar-refractivity contribution in [1.29, 1.82) is 0 Å². The van der Waals surface area contributed by atoms with Crippen molar-refractivity contribution in [2.45, 2.75) is 24.7 Å². The zero-order valence-corrected chi connectivity index (χ0v) is 16.3. The SMILES string of the molecule is Cn1c(CCNC(=O)C2(c3cccc(F)c3)CCOCC2)nc2ccc(F)cc21. The van der Waals surface area contributed by atoms with Crippen molar-refractivity contribution < 1.29 is 18.3 Å². The number of imidazole rings is 1. The standard InChI is InChI=1S/C22H23F2N3O2/c1-27-19-14-17(24)5-6-18(19)26-20(27)7-10-25-21(28)22(8-11-29-12-9-22)15-3-2-4-16(23)13-15/h2-6,13-14H,7-12H2,1H3,(H,25,28). The fourth-order valence-electron chi connectivity index (χ4n) is 4.05. The molecule has 1 N–H and O–H groups in total. The summed E-state index contributed by atoms with van der Waals surface area (Å²) in [6.07, 6.45) is 1.52. The van der Waals surface area contributed by atoms with Gasteiger partial charge in [-0.15, -0.1) is 0 Å². The van der Waals surface area contributed by atoms with Gasteiger partial charge in [-0.05, 0) is 48.7 Å². The molecule has 0 atom stereocenters. The Bertz CT molecular complexity index is 1040. The Balaban J connectivity index is 1.50. The van der Waals surface area contributed by atoms with Crippen LogP contribution in [0, 0.1) is 11.6 Å². The second-order valence-corrected chi connectivity index (χ2v) is 7.43. The van der Waals surface area contributed by atoms with Crippen LogP contribution in [0.25, 0.3) is 11.0 Å². The van der Waals surface area contributed by atoms with Crippen LogP contribution in [0.2, 0.25) is 0 Å². The average molecular weight is 399 g/mol. The van der Waals surface area contributed by atoms with Crippen molar-refractivity contribution in [3.8, 4) is 0 Å². The van der Waals surface area contributed by atoms with Crippen LogP contribution in [-0.4, -0.2) is 35.2 Å². The zero-order chi connectivity index (χ0) is 20.4. The second-order valence-electron chi connectivity index (χ2n) is 7.43. The predicted octanol–water partition coefficient (Wildman–Crippen LogP) is 3.26. The number of amides is 1. The van der Waals surface area contributed by atoms with Crippen LogP contribution in [0.15, 0.2) is 42.5 Å². The van der Waals surface area contributed by atoms with Crippen molar-refractivity contribution in [3.05, 3.63) is 65.5 Å². The van der Waals surface area contributed by atoms with Crippen LogP contribution in [0.3, 0.4) is 0 Å². The van der Waals surface area contributed by atoms with Crippen molar-refractivity contribution in [3.63, 3.8) is 0 Å². The van der Waals surface area contributed by atoms with Crippen LogP contribution in [0.5, 0.6) is 0 Å². The van der Waals surface area contributed by atoms with E-state index in [4.69, 9.17) is 4.74 Å². The van der Waals surface area contributed by atoms with Gasteiger partial charge in [0.15, 0.2) is 0 Å². The number of halogens is 2. The molecule has 1 fully saturated rings. The number of carbonyl (C=O) groups excluding carboxylic acids is 1. The molecule has 0 radical (unpaired) electrons. The first-order valence-electron chi connectivity index (χ1n) is 9.72. The van der Waals surface area contributed by atoms with Crippen LogP contribution >= 0.6 is 0 Å². The number of benzene rings is 2. The molecule has 4 rings (SSSR count). The van der Waals surface area contributed by atoms with E-state index in [0.717, 1.165) is 11.3 Å². The lowest BCUT2D eigenvalue weighted by Crippen LogP contribution is -2.48. The maximum absolute atomic E-state index is 13.8. The molecule has 2 heterocycles. The van der Waals surface area contributed by atoms with Crippen molar-refractivity contribution in [2.75, 3.05) is 19.8 Å². The lowest BCUT2D eigenvalue weighted by atomic mass is 9.73. The first kappa shape index (κ1) is 19.5. The van der Waals surface area contributed by atoms with Crippen LogP contribution in [0.1, 0.15) is 24.2 Å². The Morgan fingerprint density at radius 3 is 2.69 bits per heavy atom. The fraction of sp³-hybridized carbons (Fsp3) is 0.364. The smallest absolute Gasteiger partial charge is 0.230 e. The van der Waals surface area contributed by atoms with Gasteiger partial charge in [-0.3, -0.25) is 4.79 Å². The first-order valence-corrected chi connectivity index (χ1v) is 9.72. The highest BCUT2D eigenvalue weighted by molar-refractivity contribution is 5.88. The average Bonchev–Trinajstić information content (AvgIpc) is 3.03. The molecule has 29 heavy (non-hydrogen) atoms. The fourth-order valence-corrected chi connectivity index (χ4v) is 4.05. The van der Waals surface area contributed by atoms with Crippen LogP contribution in [-0.2, 0) is 28.4 Å². The number of fused-ring (bicyclic) bond motifs is 1. The molecule has 3 aromatic rings. The maximum Gasteiger partial charge on any atom is 0.230 e. The van der Waals surface area contributed by atoms with Gasteiger partial charge in [-0.2, -0.15) is 0 Å². The lowest BCUT2D eigenvalue weighted by Gasteiger charge is -2.36. The van der Waals surface area contributed by atoms with Crippen LogP contribution in [0.4, 0.5) is 8.78 Å². The molecule has 1 amide bonds. The molecule has 2 aromatic carbocycles. The van der Waals surface area contributed by atoms with Gasteiger partial charge in [0.2, 0.25) is 5.91 Å². The number of aryl methyl sites for hydroxylation is 1. The molecule has 1 saturated heterocycles. The minimum Gasteiger partial charge on any atom is -0.381 e. The highest BCUT2D eigenvalue weighted by Crippen LogP contribution is 2.35. The third kappa shape index (κ3) is 3.74. The second kappa shape index (κ2) is 7.91. The minimum absolute atomic E-state index is 0.129. The molecule has 0 bridgehead atoms. The van der Waals surface area contributed by atoms with Gasteiger partial charge in [0.1, 0.15) is 17.5 Å². The summed E-state index contributed by atoms with van der Waals surface area (Å²) in [4.78, 5) is 17.7. The highest BCUT2D eigenvalue weighted by Gasteiger charge is 2.41. The number of hydrogen-bond donors (Lipinski definition) is 1.